The number of hydrogen-bond donors (Lipinski definition) is 0. The molecule has 5 rings (SSSR count). The second-order valence-electron chi connectivity index (χ2n) is 6.88. The third kappa shape index (κ3) is 2.49. The highest BCUT2D eigenvalue weighted by atomic mass is 32.1. The van der Waals surface area contributed by atoms with Crippen LogP contribution >= 0.6 is 11.3 Å². The van der Waals surface area contributed by atoms with Crippen molar-refractivity contribution in [1.29, 1.82) is 0 Å². The number of anilines is 1. The van der Waals surface area contributed by atoms with Crippen molar-refractivity contribution in [2.45, 2.75) is 19.8 Å². The van der Waals surface area contributed by atoms with Gasteiger partial charge in [-0.1, -0.05) is 30.3 Å². The highest BCUT2D eigenvalue weighted by Gasteiger charge is 2.24. The Morgan fingerprint density at radius 2 is 1.96 bits per heavy atom. The Bertz CT molecular complexity index is 1160. The Morgan fingerprint density at radius 3 is 2.88 bits per heavy atom. The highest BCUT2D eigenvalue weighted by molar-refractivity contribution is 7.20. The van der Waals surface area contributed by atoms with Crippen molar-refractivity contribution >= 4 is 44.1 Å². The summed E-state index contributed by atoms with van der Waals surface area (Å²) in [4.78, 5) is 21.6. The minimum absolute atomic E-state index is 0.0837. The molecule has 2 aromatic carbocycles. The zero-order valence-electron chi connectivity index (χ0n) is 14.5. The van der Waals surface area contributed by atoms with E-state index in [4.69, 9.17) is 4.98 Å². The van der Waals surface area contributed by atoms with Crippen LogP contribution in [0.2, 0.25) is 0 Å². The number of para-hydroxylation sites is 1. The maximum Gasteiger partial charge on any atom is 0.268 e. The van der Waals surface area contributed by atoms with E-state index in [2.05, 4.69) is 43.3 Å². The number of amides is 1. The maximum atomic E-state index is 13.2. The number of carbonyl (C=O) groups is 1. The summed E-state index contributed by atoms with van der Waals surface area (Å²) in [5.41, 5.74) is 4.49. The maximum absolute atomic E-state index is 13.2. The summed E-state index contributed by atoms with van der Waals surface area (Å²) in [6.07, 6.45) is 2.05. The van der Waals surface area contributed by atoms with Crippen molar-refractivity contribution in [2.75, 3.05) is 11.4 Å². The Kier molecular flexibility index (Phi) is 3.54. The van der Waals surface area contributed by atoms with Gasteiger partial charge in [0.05, 0.1) is 10.4 Å². The Labute approximate surface area is 155 Å². The van der Waals surface area contributed by atoms with Crippen molar-refractivity contribution in [2.24, 2.45) is 0 Å². The van der Waals surface area contributed by atoms with Crippen molar-refractivity contribution in [1.82, 2.24) is 4.98 Å². The van der Waals surface area contributed by atoms with Gasteiger partial charge in [-0.05, 0) is 55.2 Å². The summed E-state index contributed by atoms with van der Waals surface area (Å²) in [5, 5.41) is 2.16. The molecule has 3 heterocycles. The average Bonchev–Trinajstić information content (AvgIpc) is 3.08. The minimum Gasteiger partial charge on any atom is -0.307 e. The van der Waals surface area contributed by atoms with E-state index in [9.17, 15) is 4.79 Å². The number of aromatic nitrogens is 1. The molecule has 128 valence electrons. The molecule has 1 aliphatic heterocycles. The number of fused-ring (bicyclic) bond motifs is 3. The van der Waals surface area contributed by atoms with E-state index in [0.717, 1.165) is 51.1 Å². The monoisotopic (exact) mass is 358 g/mol. The summed E-state index contributed by atoms with van der Waals surface area (Å²) in [7, 11) is 0. The van der Waals surface area contributed by atoms with Gasteiger partial charge in [-0.3, -0.25) is 4.79 Å². The van der Waals surface area contributed by atoms with E-state index in [1.807, 2.05) is 23.1 Å². The molecule has 4 aromatic rings. The molecule has 0 bridgehead atoms. The van der Waals surface area contributed by atoms with Crippen LogP contribution in [0.3, 0.4) is 0 Å². The first-order chi connectivity index (χ1) is 12.7. The zero-order valence-corrected chi connectivity index (χ0v) is 15.3. The molecular weight excluding hydrogens is 340 g/mol. The molecule has 0 unspecified atom stereocenters. The molecule has 0 atom stereocenters. The van der Waals surface area contributed by atoms with Crippen LogP contribution in [0.5, 0.6) is 0 Å². The predicted molar refractivity (Wildman–Crippen MR) is 108 cm³/mol. The van der Waals surface area contributed by atoms with Gasteiger partial charge in [0.25, 0.3) is 5.91 Å². The third-order valence-corrected chi connectivity index (χ3v) is 6.06. The van der Waals surface area contributed by atoms with Gasteiger partial charge < -0.3 is 4.90 Å². The molecule has 1 aliphatic rings. The summed E-state index contributed by atoms with van der Waals surface area (Å²) in [6.45, 7) is 2.85. The number of benzene rings is 2. The van der Waals surface area contributed by atoms with Gasteiger partial charge in [0.15, 0.2) is 0 Å². The smallest absolute Gasteiger partial charge is 0.268 e. The van der Waals surface area contributed by atoms with Crippen molar-refractivity contribution in [3.63, 3.8) is 0 Å². The van der Waals surface area contributed by atoms with Crippen LogP contribution < -0.4 is 4.90 Å². The van der Waals surface area contributed by atoms with E-state index in [-0.39, 0.29) is 5.91 Å². The Morgan fingerprint density at radius 1 is 1.08 bits per heavy atom. The standard InChI is InChI=1S/C22H18N2OS/c1-14-8-9-16-12-17-13-20(26-21(17)23-18(16)11-14)22(25)24-10-4-6-15-5-2-3-7-19(15)24/h2-3,5,7-9,11-13H,4,6,10H2,1H3. The number of nitrogens with zero attached hydrogens (tertiary/aromatic N) is 2. The molecule has 0 fully saturated rings. The van der Waals surface area contributed by atoms with Gasteiger partial charge in [0, 0.05) is 23.0 Å². The minimum atomic E-state index is 0.0837. The number of pyridine rings is 1. The zero-order chi connectivity index (χ0) is 17.7. The molecule has 1 amide bonds. The van der Waals surface area contributed by atoms with Gasteiger partial charge in [-0.25, -0.2) is 4.98 Å². The number of rotatable bonds is 1. The number of aryl methyl sites for hydroxylation is 2. The number of hydrogen-bond acceptors (Lipinski definition) is 3. The van der Waals surface area contributed by atoms with Gasteiger partial charge in [0.1, 0.15) is 4.83 Å². The quantitative estimate of drug-likeness (QED) is 0.459. The molecule has 0 N–H and O–H groups in total. The lowest BCUT2D eigenvalue weighted by molar-refractivity contribution is 0.0989. The van der Waals surface area contributed by atoms with Gasteiger partial charge in [-0.15, -0.1) is 11.3 Å². The lowest BCUT2D eigenvalue weighted by Gasteiger charge is -2.29. The number of thiophene rings is 1. The van der Waals surface area contributed by atoms with E-state index < -0.39 is 0 Å². The lowest BCUT2D eigenvalue weighted by atomic mass is 10.0. The third-order valence-electron chi connectivity index (χ3n) is 5.03. The lowest BCUT2D eigenvalue weighted by Crippen LogP contribution is -2.34. The van der Waals surface area contributed by atoms with Crippen LogP contribution in [0.15, 0.2) is 54.6 Å². The first-order valence-corrected chi connectivity index (χ1v) is 9.71. The van der Waals surface area contributed by atoms with Crippen LogP contribution in [-0.2, 0) is 6.42 Å². The summed E-state index contributed by atoms with van der Waals surface area (Å²) in [5.74, 6) is 0.0837. The molecule has 0 radical (unpaired) electrons. The summed E-state index contributed by atoms with van der Waals surface area (Å²) < 4.78 is 0. The molecule has 0 saturated heterocycles. The second kappa shape index (κ2) is 5.92. The molecular formula is C22H18N2OS. The van der Waals surface area contributed by atoms with Crippen LogP contribution in [0, 0.1) is 6.92 Å². The van der Waals surface area contributed by atoms with Crippen LogP contribution in [0.1, 0.15) is 27.2 Å². The first kappa shape index (κ1) is 15.5. The predicted octanol–water partition coefficient (Wildman–Crippen LogP) is 5.35. The topological polar surface area (TPSA) is 33.2 Å². The molecule has 3 nitrogen and oxygen atoms in total. The normalized spacial score (nSPS) is 14.0. The van der Waals surface area contributed by atoms with Crippen molar-refractivity contribution in [3.8, 4) is 0 Å². The summed E-state index contributed by atoms with van der Waals surface area (Å²) in [6, 6.07) is 18.6. The largest absolute Gasteiger partial charge is 0.307 e. The van der Waals surface area contributed by atoms with Crippen LogP contribution in [0.25, 0.3) is 21.1 Å². The van der Waals surface area contributed by atoms with Crippen LogP contribution in [-0.4, -0.2) is 17.4 Å². The van der Waals surface area contributed by atoms with Crippen molar-refractivity contribution < 1.29 is 4.79 Å². The van der Waals surface area contributed by atoms with Gasteiger partial charge in [-0.2, -0.15) is 0 Å². The Hall–Kier alpha value is -2.72. The fraction of sp³-hybridized carbons (Fsp3) is 0.182. The Balaban J connectivity index is 1.59. The molecule has 0 saturated carbocycles. The fourth-order valence-corrected chi connectivity index (χ4v) is 4.69. The van der Waals surface area contributed by atoms with Gasteiger partial charge >= 0.3 is 0 Å². The molecule has 4 heteroatoms. The SMILES string of the molecule is Cc1ccc2cc3cc(C(=O)N4CCCc5ccccc54)sc3nc2c1. The second-order valence-corrected chi connectivity index (χ2v) is 7.91. The molecule has 0 spiro atoms. The molecule has 26 heavy (non-hydrogen) atoms. The summed E-state index contributed by atoms with van der Waals surface area (Å²) >= 11 is 1.49. The molecule has 2 aromatic heterocycles. The van der Waals surface area contributed by atoms with Crippen molar-refractivity contribution in [3.05, 3.63) is 70.6 Å². The fourth-order valence-electron chi connectivity index (χ4n) is 3.72. The van der Waals surface area contributed by atoms with E-state index in [1.165, 1.54) is 22.5 Å². The first-order valence-electron chi connectivity index (χ1n) is 8.90. The molecule has 0 aliphatic carbocycles. The van der Waals surface area contributed by atoms with Gasteiger partial charge in [0.2, 0.25) is 0 Å². The number of carbonyl (C=O) groups excluding carboxylic acids is 1. The van der Waals surface area contributed by atoms with E-state index >= 15 is 0 Å². The van der Waals surface area contributed by atoms with Crippen LogP contribution in [0.4, 0.5) is 5.69 Å². The highest BCUT2D eigenvalue weighted by Crippen LogP contribution is 2.32. The van der Waals surface area contributed by atoms with E-state index in [1.54, 1.807) is 0 Å². The average molecular weight is 358 g/mol. The van der Waals surface area contributed by atoms with E-state index in [0.29, 0.717) is 0 Å².